The fourth-order valence-corrected chi connectivity index (χ4v) is 3.84. The number of amides is 2. The second-order valence-electron chi connectivity index (χ2n) is 7.49. The van der Waals surface area contributed by atoms with Gasteiger partial charge in [-0.25, -0.2) is 9.59 Å². The lowest BCUT2D eigenvalue weighted by Crippen LogP contribution is -2.54. The number of carbonyl (C=O) groups excluding carboxylic acids is 2. The Kier molecular flexibility index (Phi) is 6.76. The molecule has 2 aromatic rings. The Labute approximate surface area is 184 Å². The van der Waals surface area contributed by atoms with Crippen molar-refractivity contribution in [3.05, 3.63) is 59.7 Å². The van der Waals surface area contributed by atoms with Crippen molar-refractivity contribution in [3.63, 3.8) is 0 Å². The van der Waals surface area contributed by atoms with Crippen LogP contribution in [-0.2, 0) is 14.3 Å². The van der Waals surface area contributed by atoms with Gasteiger partial charge in [0.25, 0.3) is 5.91 Å². The van der Waals surface area contributed by atoms with Crippen molar-refractivity contribution >= 4 is 18.0 Å². The van der Waals surface area contributed by atoms with E-state index in [4.69, 9.17) is 9.84 Å². The average molecular weight is 446 g/mol. The van der Waals surface area contributed by atoms with Crippen LogP contribution in [0.2, 0.25) is 0 Å². The summed E-state index contributed by atoms with van der Waals surface area (Å²) in [5.74, 6) is -7.29. The minimum Gasteiger partial charge on any atom is -0.480 e. The van der Waals surface area contributed by atoms with Crippen molar-refractivity contribution < 1.29 is 33.0 Å². The number of likely N-dealkylation sites (N-methyl/N-ethyl adjacent to an activating group) is 1. The molecule has 0 fully saturated rings. The smallest absolute Gasteiger partial charge is 0.407 e. The Bertz CT molecular complexity index is 981. The Morgan fingerprint density at radius 3 is 2.12 bits per heavy atom. The molecule has 0 aliphatic heterocycles. The zero-order valence-corrected chi connectivity index (χ0v) is 17.7. The molecule has 1 unspecified atom stereocenters. The number of fused-ring (bicyclic) bond motifs is 3. The standard InChI is InChI=1S/C23H24F2N2O5/c1-3-27(14(2)20(28)29)21(30)23(24,25)13-26-22(31)32-12-19-17-10-6-4-8-15(17)16-9-5-7-11-18(16)19/h4-11,14,19H,3,12-13H2,1-2H3,(H,26,31)(H,28,29). The summed E-state index contributed by atoms with van der Waals surface area (Å²) in [4.78, 5) is 35.8. The second-order valence-corrected chi connectivity index (χ2v) is 7.49. The lowest BCUT2D eigenvalue weighted by molar-refractivity contribution is -0.164. The third-order valence-electron chi connectivity index (χ3n) is 5.54. The van der Waals surface area contributed by atoms with Gasteiger partial charge in [0.2, 0.25) is 0 Å². The van der Waals surface area contributed by atoms with Crippen LogP contribution in [0.15, 0.2) is 48.5 Å². The van der Waals surface area contributed by atoms with E-state index in [9.17, 15) is 23.2 Å². The van der Waals surface area contributed by atoms with Crippen molar-refractivity contribution in [2.45, 2.75) is 31.7 Å². The lowest BCUT2D eigenvalue weighted by Gasteiger charge is -2.29. The van der Waals surface area contributed by atoms with Crippen LogP contribution in [0.4, 0.5) is 13.6 Å². The zero-order valence-electron chi connectivity index (χ0n) is 17.7. The molecule has 0 aromatic heterocycles. The van der Waals surface area contributed by atoms with Crippen LogP contribution >= 0.6 is 0 Å². The molecule has 0 radical (unpaired) electrons. The molecule has 32 heavy (non-hydrogen) atoms. The molecule has 2 aromatic carbocycles. The molecule has 7 nitrogen and oxygen atoms in total. The van der Waals surface area contributed by atoms with Crippen molar-refractivity contribution in [1.82, 2.24) is 10.2 Å². The highest BCUT2D eigenvalue weighted by Crippen LogP contribution is 2.44. The third-order valence-corrected chi connectivity index (χ3v) is 5.54. The van der Waals surface area contributed by atoms with E-state index < -0.39 is 36.5 Å². The molecule has 9 heteroatoms. The molecular formula is C23H24F2N2O5. The summed E-state index contributed by atoms with van der Waals surface area (Å²) in [7, 11) is 0. The van der Waals surface area contributed by atoms with E-state index in [0.29, 0.717) is 4.90 Å². The van der Waals surface area contributed by atoms with E-state index in [0.717, 1.165) is 29.2 Å². The largest absolute Gasteiger partial charge is 0.480 e. The van der Waals surface area contributed by atoms with E-state index in [1.807, 2.05) is 53.8 Å². The Morgan fingerprint density at radius 2 is 1.62 bits per heavy atom. The number of hydrogen-bond donors (Lipinski definition) is 2. The predicted octanol–water partition coefficient (Wildman–Crippen LogP) is 3.48. The minimum absolute atomic E-state index is 0.0590. The summed E-state index contributed by atoms with van der Waals surface area (Å²) in [5, 5.41) is 10.9. The molecule has 0 saturated heterocycles. The number of nitrogens with one attached hydrogen (secondary N) is 1. The minimum atomic E-state index is -3.98. The molecule has 1 atom stereocenters. The highest BCUT2D eigenvalue weighted by molar-refractivity contribution is 5.88. The van der Waals surface area contributed by atoms with Gasteiger partial charge in [-0.1, -0.05) is 48.5 Å². The number of alkyl halides is 2. The van der Waals surface area contributed by atoms with Crippen molar-refractivity contribution in [1.29, 1.82) is 0 Å². The first kappa shape index (κ1) is 23.2. The lowest BCUT2D eigenvalue weighted by atomic mass is 9.98. The molecule has 0 bridgehead atoms. The fourth-order valence-electron chi connectivity index (χ4n) is 3.84. The van der Waals surface area contributed by atoms with Gasteiger partial charge in [0.15, 0.2) is 0 Å². The summed E-state index contributed by atoms with van der Waals surface area (Å²) >= 11 is 0. The number of carboxylic acid groups (broad SMARTS) is 1. The van der Waals surface area contributed by atoms with Crippen molar-refractivity contribution in [2.24, 2.45) is 0 Å². The monoisotopic (exact) mass is 446 g/mol. The maximum absolute atomic E-state index is 14.3. The van der Waals surface area contributed by atoms with Gasteiger partial charge < -0.3 is 20.1 Å². The van der Waals surface area contributed by atoms with Gasteiger partial charge >= 0.3 is 18.0 Å². The molecule has 2 N–H and O–H groups in total. The van der Waals surface area contributed by atoms with E-state index >= 15 is 0 Å². The van der Waals surface area contributed by atoms with Crippen molar-refractivity contribution in [3.8, 4) is 11.1 Å². The number of alkyl carbamates (subject to hydrolysis) is 1. The Morgan fingerprint density at radius 1 is 1.09 bits per heavy atom. The fraction of sp³-hybridized carbons (Fsp3) is 0.348. The van der Waals surface area contributed by atoms with Gasteiger partial charge in [0.05, 0.1) is 6.54 Å². The molecule has 0 heterocycles. The summed E-state index contributed by atoms with van der Waals surface area (Å²) in [6.45, 7) is 0.958. The maximum Gasteiger partial charge on any atom is 0.407 e. The van der Waals surface area contributed by atoms with Crippen LogP contribution in [0.1, 0.15) is 30.9 Å². The van der Waals surface area contributed by atoms with Gasteiger partial charge in [-0.2, -0.15) is 8.78 Å². The predicted molar refractivity (Wildman–Crippen MR) is 113 cm³/mol. The summed E-state index contributed by atoms with van der Waals surface area (Å²) in [5.41, 5.74) is 4.01. The number of rotatable bonds is 8. The molecule has 2 amide bonds. The molecule has 3 rings (SSSR count). The van der Waals surface area contributed by atoms with E-state index in [1.54, 1.807) is 0 Å². The highest BCUT2D eigenvalue weighted by Gasteiger charge is 2.44. The number of carbonyl (C=O) groups is 3. The zero-order chi connectivity index (χ0) is 23.5. The van der Waals surface area contributed by atoms with Crippen LogP contribution in [0, 0.1) is 0 Å². The molecule has 1 aliphatic rings. The normalized spacial score (nSPS) is 13.6. The third kappa shape index (κ3) is 4.56. The number of ether oxygens (including phenoxy) is 1. The van der Waals surface area contributed by atoms with Gasteiger partial charge in [-0.05, 0) is 36.1 Å². The number of nitrogens with zero attached hydrogens (tertiary/aromatic N) is 1. The number of carboxylic acids is 1. The molecular weight excluding hydrogens is 422 g/mol. The first-order chi connectivity index (χ1) is 15.2. The SMILES string of the molecule is CCN(C(=O)C(F)(F)CNC(=O)OCC1c2ccccc2-c2ccccc21)C(C)C(=O)O. The molecule has 0 spiro atoms. The summed E-state index contributed by atoms with van der Waals surface area (Å²) in [6.07, 6.45) is -1.09. The number of halogens is 2. The second kappa shape index (κ2) is 9.33. The topological polar surface area (TPSA) is 95.9 Å². The molecule has 1 aliphatic carbocycles. The van der Waals surface area contributed by atoms with Crippen LogP contribution in [0.5, 0.6) is 0 Å². The van der Waals surface area contributed by atoms with Gasteiger partial charge in [-0.15, -0.1) is 0 Å². The quantitative estimate of drug-likeness (QED) is 0.647. The Hall–Kier alpha value is -3.49. The first-order valence-electron chi connectivity index (χ1n) is 10.2. The van der Waals surface area contributed by atoms with Crippen LogP contribution in [-0.4, -0.2) is 59.6 Å². The van der Waals surface area contributed by atoms with Crippen LogP contribution in [0.3, 0.4) is 0 Å². The van der Waals surface area contributed by atoms with E-state index in [-0.39, 0.29) is 19.1 Å². The Balaban J connectivity index is 1.61. The summed E-state index contributed by atoms with van der Waals surface area (Å²) < 4.78 is 33.8. The van der Waals surface area contributed by atoms with Crippen molar-refractivity contribution in [2.75, 3.05) is 19.7 Å². The average Bonchev–Trinajstić information content (AvgIpc) is 3.10. The number of aliphatic carboxylic acids is 1. The highest BCUT2D eigenvalue weighted by atomic mass is 19.3. The van der Waals surface area contributed by atoms with Gasteiger partial charge in [0, 0.05) is 12.5 Å². The number of benzene rings is 2. The van der Waals surface area contributed by atoms with Gasteiger partial charge in [0.1, 0.15) is 12.6 Å². The van der Waals surface area contributed by atoms with Crippen LogP contribution in [0.25, 0.3) is 11.1 Å². The number of hydrogen-bond acceptors (Lipinski definition) is 4. The maximum atomic E-state index is 14.3. The van der Waals surface area contributed by atoms with E-state index in [2.05, 4.69) is 0 Å². The molecule has 170 valence electrons. The van der Waals surface area contributed by atoms with Gasteiger partial charge in [-0.3, -0.25) is 4.79 Å². The van der Waals surface area contributed by atoms with Crippen LogP contribution < -0.4 is 5.32 Å². The van der Waals surface area contributed by atoms with E-state index in [1.165, 1.54) is 6.92 Å². The molecule has 0 saturated carbocycles. The first-order valence-corrected chi connectivity index (χ1v) is 10.2. The summed E-state index contributed by atoms with van der Waals surface area (Å²) in [6, 6.07) is 13.9.